The number of carbonyl (C=O) groups excluding carboxylic acids is 1. The van der Waals surface area contributed by atoms with Crippen molar-refractivity contribution in [2.24, 2.45) is 5.16 Å². The summed E-state index contributed by atoms with van der Waals surface area (Å²) in [6.45, 7) is 2.59. The molecular formula is C21H21ClF3N3O2. The average Bonchev–Trinajstić information content (AvgIpc) is 3.16. The van der Waals surface area contributed by atoms with Gasteiger partial charge in [-0.15, -0.1) is 0 Å². The van der Waals surface area contributed by atoms with Crippen LogP contribution in [0.25, 0.3) is 0 Å². The van der Waals surface area contributed by atoms with E-state index in [4.69, 9.17) is 16.4 Å². The lowest BCUT2D eigenvalue weighted by Gasteiger charge is -2.25. The van der Waals surface area contributed by atoms with E-state index < -0.39 is 11.7 Å². The lowest BCUT2D eigenvalue weighted by Crippen LogP contribution is -2.43. The van der Waals surface area contributed by atoms with E-state index in [9.17, 15) is 18.0 Å². The number of urea groups is 1. The molecule has 0 aliphatic carbocycles. The Morgan fingerprint density at radius 2 is 1.93 bits per heavy atom. The molecule has 30 heavy (non-hydrogen) atoms. The molecular weight excluding hydrogens is 419 g/mol. The van der Waals surface area contributed by atoms with Crippen LogP contribution < -0.4 is 5.32 Å². The number of hydrogen-bond donors (Lipinski definition) is 1. The van der Waals surface area contributed by atoms with Crippen molar-refractivity contribution in [3.8, 4) is 0 Å². The summed E-state index contributed by atoms with van der Waals surface area (Å²) >= 11 is 6.21. The van der Waals surface area contributed by atoms with Crippen LogP contribution in [0.4, 0.5) is 18.0 Å². The van der Waals surface area contributed by atoms with E-state index in [1.807, 2.05) is 18.2 Å². The van der Waals surface area contributed by atoms with Crippen LogP contribution in [0.3, 0.4) is 0 Å². The highest BCUT2D eigenvalue weighted by Gasteiger charge is 2.31. The number of halogens is 4. The summed E-state index contributed by atoms with van der Waals surface area (Å²) in [5.74, 6) is 0. The summed E-state index contributed by atoms with van der Waals surface area (Å²) in [5, 5.41) is 7.38. The number of benzene rings is 2. The lowest BCUT2D eigenvalue weighted by atomic mass is 10.0. The van der Waals surface area contributed by atoms with Gasteiger partial charge in [-0.3, -0.25) is 0 Å². The third-order valence-electron chi connectivity index (χ3n) is 4.61. The summed E-state index contributed by atoms with van der Waals surface area (Å²) in [7, 11) is 0. The second-order valence-electron chi connectivity index (χ2n) is 6.86. The zero-order valence-electron chi connectivity index (χ0n) is 16.2. The number of oxime groups is 1. The molecule has 9 heteroatoms. The molecule has 1 heterocycles. The van der Waals surface area contributed by atoms with Gasteiger partial charge in [0.15, 0.2) is 6.10 Å². The summed E-state index contributed by atoms with van der Waals surface area (Å²) in [4.78, 5) is 19.5. The Morgan fingerprint density at radius 3 is 2.57 bits per heavy atom. The Morgan fingerprint density at radius 1 is 1.23 bits per heavy atom. The zero-order chi connectivity index (χ0) is 21.7. The molecule has 0 spiro atoms. The van der Waals surface area contributed by atoms with E-state index in [-0.39, 0.29) is 25.2 Å². The Hall–Kier alpha value is -2.74. The molecule has 1 aliphatic rings. The van der Waals surface area contributed by atoms with Gasteiger partial charge >= 0.3 is 12.2 Å². The molecule has 0 saturated carbocycles. The predicted octanol–water partition coefficient (Wildman–Crippen LogP) is 5.08. The molecule has 0 saturated heterocycles. The maximum absolute atomic E-state index is 12.8. The van der Waals surface area contributed by atoms with Crippen LogP contribution in [-0.4, -0.2) is 35.8 Å². The van der Waals surface area contributed by atoms with Crippen LogP contribution >= 0.6 is 11.6 Å². The van der Waals surface area contributed by atoms with Gasteiger partial charge in [0.1, 0.15) is 0 Å². The first-order valence-electron chi connectivity index (χ1n) is 9.44. The smallest absolute Gasteiger partial charge is 0.390 e. The monoisotopic (exact) mass is 439 g/mol. The van der Waals surface area contributed by atoms with Crippen molar-refractivity contribution >= 4 is 23.3 Å². The summed E-state index contributed by atoms with van der Waals surface area (Å²) < 4.78 is 38.3. The van der Waals surface area contributed by atoms with Gasteiger partial charge < -0.3 is 15.1 Å². The fourth-order valence-electron chi connectivity index (χ4n) is 3.13. The molecule has 0 aromatic heterocycles. The highest BCUT2D eigenvalue weighted by molar-refractivity contribution is 6.34. The highest BCUT2D eigenvalue weighted by Crippen LogP contribution is 2.29. The van der Waals surface area contributed by atoms with E-state index in [0.29, 0.717) is 29.3 Å². The van der Waals surface area contributed by atoms with Crippen molar-refractivity contribution in [1.29, 1.82) is 0 Å². The Kier molecular flexibility index (Phi) is 6.87. The minimum atomic E-state index is -4.40. The number of carbonyl (C=O) groups is 1. The van der Waals surface area contributed by atoms with Gasteiger partial charge in [-0.25, -0.2) is 4.79 Å². The minimum absolute atomic E-state index is 0.144. The molecule has 0 unspecified atom stereocenters. The van der Waals surface area contributed by atoms with Crippen LogP contribution in [0.5, 0.6) is 0 Å². The maximum Gasteiger partial charge on any atom is 0.416 e. The zero-order valence-corrected chi connectivity index (χ0v) is 17.0. The van der Waals surface area contributed by atoms with Gasteiger partial charge in [-0.1, -0.05) is 47.1 Å². The Labute approximate surface area is 177 Å². The van der Waals surface area contributed by atoms with Crippen molar-refractivity contribution in [2.45, 2.75) is 32.2 Å². The number of rotatable bonds is 6. The van der Waals surface area contributed by atoms with Gasteiger partial charge in [0, 0.05) is 30.1 Å². The van der Waals surface area contributed by atoms with Gasteiger partial charge in [-0.05, 0) is 30.7 Å². The molecule has 2 aromatic carbocycles. The number of nitrogens with one attached hydrogen (secondary N) is 1. The van der Waals surface area contributed by atoms with Crippen LogP contribution in [0.1, 0.15) is 30.0 Å². The first kappa shape index (κ1) is 22.0. The molecule has 1 aliphatic heterocycles. The number of amides is 2. The maximum atomic E-state index is 12.8. The fraction of sp³-hybridized carbons (Fsp3) is 0.333. The first-order chi connectivity index (χ1) is 14.3. The normalized spacial score (nSPS) is 16.0. The first-order valence-corrected chi connectivity index (χ1v) is 9.82. The number of alkyl halides is 3. The number of hydrogen-bond acceptors (Lipinski definition) is 3. The lowest BCUT2D eigenvalue weighted by molar-refractivity contribution is -0.137. The summed E-state index contributed by atoms with van der Waals surface area (Å²) in [5.41, 5.74) is 1.32. The molecule has 2 aromatic rings. The molecule has 1 atom stereocenters. The topological polar surface area (TPSA) is 53.9 Å². The van der Waals surface area contributed by atoms with Crippen LogP contribution in [0.2, 0.25) is 5.02 Å². The van der Waals surface area contributed by atoms with Crippen LogP contribution in [0.15, 0.2) is 53.7 Å². The second-order valence-corrected chi connectivity index (χ2v) is 7.27. The van der Waals surface area contributed by atoms with Gasteiger partial charge in [0.25, 0.3) is 0 Å². The van der Waals surface area contributed by atoms with Crippen LogP contribution in [-0.2, 0) is 17.6 Å². The second kappa shape index (κ2) is 9.38. The fourth-order valence-corrected chi connectivity index (χ4v) is 3.37. The number of nitrogens with zero attached hydrogens (tertiary/aromatic N) is 2. The Balaban J connectivity index is 1.68. The van der Waals surface area contributed by atoms with E-state index >= 15 is 0 Å². The minimum Gasteiger partial charge on any atom is -0.390 e. The quantitative estimate of drug-likeness (QED) is 0.682. The van der Waals surface area contributed by atoms with Gasteiger partial charge in [0.2, 0.25) is 0 Å². The van der Waals surface area contributed by atoms with E-state index in [0.717, 1.165) is 17.7 Å². The van der Waals surface area contributed by atoms with Crippen molar-refractivity contribution in [3.05, 3.63) is 70.2 Å². The summed E-state index contributed by atoms with van der Waals surface area (Å²) in [6.07, 6.45) is -4.32. The third-order valence-corrected chi connectivity index (χ3v) is 4.94. The Bertz CT molecular complexity index is 916. The molecule has 0 fully saturated rings. The van der Waals surface area contributed by atoms with E-state index in [1.165, 1.54) is 17.0 Å². The molecule has 1 N–H and O–H groups in total. The standard InChI is InChI=1S/C21H21ClF3N3O2/c1-2-26-20(29)28(12-14-7-9-15(10-8-14)21(23,24)25)13-16-11-19(27-30-16)17-5-3-4-6-18(17)22/h3-10,16H,2,11-13H2,1H3,(H,26,29)/t16-/m0/s1. The third kappa shape index (κ3) is 5.44. The summed E-state index contributed by atoms with van der Waals surface area (Å²) in [6, 6.07) is 11.7. The molecule has 0 radical (unpaired) electrons. The largest absolute Gasteiger partial charge is 0.416 e. The van der Waals surface area contributed by atoms with Gasteiger partial charge in [0.05, 0.1) is 17.8 Å². The van der Waals surface area contributed by atoms with Crippen molar-refractivity contribution in [1.82, 2.24) is 10.2 Å². The molecule has 3 rings (SSSR count). The molecule has 0 bridgehead atoms. The van der Waals surface area contributed by atoms with Crippen molar-refractivity contribution < 1.29 is 22.8 Å². The van der Waals surface area contributed by atoms with E-state index in [1.54, 1.807) is 13.0 Å². The van der Waals surface area contributed by atoms with E-state index in [2.05, 4.69) is 10.5 Å². The van der Waals surface area contributed by atoms with Crippen molar-refractivity contribution in [2.75, 3.05) is 13.1 Å². The molecule has 160 valence electrons. The average molecular weight is 440 g/mol. The van der Waals surface area contributed by atoms with Crippen molar-refractivity contribution in [3.63, 3.8) is 0 Å². The predicted molar refractivity (Wildman–Crippen MR) is 108 cm³/mol. The molecule has 5 nitrogen and oxygen atoms in total. The van der Waals surface area contributed by atoms with Crippen LogP contribution in [0, 0.1) is 0 Å². The van der Waals surface area contributed by atoms with Gasteiger partial charge in [-0.2, -0.15) is 13.2 Å². The highest BCUT2D eigenvalue weighted by atomic mass is 35.5. The molecule has 2 amide bonds. The SMILES string of the molecule is CCNC(=O)N(Cc1ccc(C(F)(F)F)cc1)C[C@@H]1CC(c2ccccc2Cl)=NO1.